The van der Waals surface area contributed by atoms with Gasteiger partial charge in [-0.3, -0.25) is 4.79 Å². The Morgan fingerprint density at radius 3 is 2.42 bits per heavy atom. The van der Waals surface area contributed by atoms with Gasteiger partial charge in [-0.25, -0.2) is 17.1 Å². The minimum absolute atomic E-state index is 0.0963. The molecular weight excluding hydrogens is 355 g/mol. The first-order chi connectivity index (χ1) is 12.1. The average molecular weight is 376 g/mol. The molecule has 0 spiro atoms. The maximum atomic E-state index is 13.6. The van der Waals surface area contributed by atoms with Crippen LogP contribution in [0.5, 0.6) is 0 Å². The number of nitrogens with zero attached hydrogens (tertiary/aromatic N) is 1. The molecule has 0 aliphatic heterocycles. The van der Waals surface area contributed by atoms with Gasteiger partial charge in [0.05, 0.1) is 4.90 Å². The van der Waals surface area contributed by atoms with E-state index in [0.29, 0.717) is 11.3 Å². The molecule has 1 amide bonds. The van der Waals surface area contributed by atoms with Crippen molar-refractivity contribution in [3.63, 3.8) is 0 Å². The highest BCUT2D eigenvalue weighted by atomic mass is 32.2. The topological polar surface area (TPSA) is 66.5 Å². The van der Waals surface area contributed by atoms with Crippen LogP contribution in [0, 0.1) is 19.7 Å². The maximum absolute atomic E-state index is 13.6. The second-order valence-electron chi connectivity index (χ2n) is 6.04. The molecule has 0 atom stereocenters. The minimum Gasteiger partial charge on any atom is -0.322 e. The van der Waals surface area contributed by atoms with Crippen LogP contribution in [0.15, 0.2) is 47.4 Å². The third kappa shape index (κ3) is 4.36. The van der Waals surface area contributed by atoms with Crippen LogP contribution in [0.2, 0.25) is 0 Å². The molecule has 0 heterocycles. The number of halogens is 1. The van der Waals surface area contributed by atoms with Gasteiger partial charge in [-0.1, -0.05) is 18.2 Å². The summed E-state index contributed by atoms with van der Waals surface area (Å²) in [6, 6.07) is 9.08. The van der Waals surface area contributed by atoms with Crippen molar-refractivity contribution in [1.29, 1.82) is 0 Å². The van der Waals surface area contributed by atoms with Gasteiger partial charge in [-0.15, -0.1) is 0 Å². The zero-order valence-corrected chi connectivity index (χ0v) is 15.9. The fourth-order valence-electron chi connectivity index (χ4n) is 2.27. The monoisotopic (exact) mass is 376 g/mol. The number of benzene rings is 2. The van der Waals surface area contributed by atoms with Gasteiger partial charge >= 0.3 is 0 Å². The number of carbonyl (C=O) groups excluding carboxylic acids is 1. The Morgan fingerprint density at radius 1 is 1.15 bits per heavy atom. The van der Waals surface area contributed by atoms with Gasteiger partial charge in [0, 0.05) is 31.4 Å². The number of anilines is 1. The lowest BCUT2D eigenvalue weighted by Gasteiger charge is -2.16. The lowest BCUT2D eigenvalue weighted by molar-refractivity contribution is -0.111. The zero-order valence-electron chi connectivity index (χ0n) is 15.1. The summed E-state index contributed by atoms with van der Waals surface area (Å²) in [7, 11) is -0.732. The number of sulfonamides is 1. The quantitative estimate of drug-likeness (QED) is 0.814. The number of carbonyl (C=O) groups is 1. The van der Waals surface area contributed by atoms with E-state index < -0.39 is 21.7 Å². The Labute approximate surface area is 153 Å². The van der Waals surface area contributed by atoms with Gasteiger partial charge in [-0.2, -0.15) is 0 Å². The molecule has 0 aromatic heterocycles. The van der Waals surface area contributed by atoms with E-state index in [4.69, 9.17) is 0 Å². The number of rotatable bonds is 5. The van der Waals surface area contributed by atoms with Gasteiger partial charge in [0.1, 0.15) is 5.82 Å². The van der Waals surface area contributed by atoms with E-state index in [0.717, 1.165) is 15.4 Å². The van der Waals surface area contributed by atoms with Crippen molar-refractivity contribution in [2.45, 2.75) is 18.7 Å². The summed E-state index contributed by atoms with van der Waals surface area (Å²) in [6.45, 7) is 3.56. The molecule has 1 N–H and O–H groups in total. The van der Waals surface area contributed by atoms with E-state index in [2.05, 4.69) is 5.32 Å². The molecule has 0 aliphatic rings. The van der Waals surface area contributed by atoms with Gasteiger partial charge < -0.3 is 5.32 Å². The molecule has 2 aromatic carbocycles. The largest absolute Gasteiger partial charge is 0.322 e. The Kier molecular flexibility index (Phi) is 5.94. The number of hydrogen-bond donors (Lipinski definition) is 1. The van der Waals surface area contributed by atoms with E-state index in [1.54, 1.807) is 38.1 Å². The van der Waals surface area contributed by atoms with Crippen molar-refractivity contribution < 1.29 is 17.6 Å². The molecule has 2 rings (SSSR count). The Morgan fingerprint density at radius 2 is 1.81 bits per heavy atom. The van der Waals surface area contributed by atoms with Crippen molar-refractivity contribution in [1.82, 2.24) is 4.31 Å². The van der Waals surface area contributed by atoms with Crippen molar-refractivity contribution >= 4 is 27.7 Å². The first kappa shape index (κ1) is 19.8. The van der Waals surface area contributed by atoms with Gasteiger partial charge in [0.15, 0.2) is 0 Å². The summed E-state index contributed by atoms with van der Waals surface area (Å²) >= 11 is 0. The first-order valence-corrected chi connectivity index (χ1v) is 9.34. The van der Waals surface area contributed by atoms with E-state index in [1.165, 1.54) is 38.4 Å². The summed E-state index contributed by atoms with van der Waals surface area (Å²) in [5.41, 5.74) is 2.18. The second-order valence-corrected chi connectivity index (χ2v) is 8.20. The number of hydrogen-bond acceptors (Lipinski definition) is 3. The van der Waals surface area contributed by atoms with Gasteiger partial charge in [0.2, 0.25) is 15.9 Å². The Balaban J connectivity index is 2.30. The van der Waals surface area contributed by atoms with E-state index >= 15 is 0 Å². The average Bonchev–Trinajstić information content (AvgIpc) is 2.57. The Bertz CT molecular complexity index is 967. The second kappa shape index (κ2) is 7.80. The normalized spacial score (nSPS) is 11.9. The van der Waals surface area contributed by atoms with Gasteiger partial charge in [-0.05, 0) is 49.2 Å². The standard InChI is InChI=1S/C19H21FN2O3S/c1-13-11-16(26(24,25)22(3)4)12-18(14(13)2)21-19(23)10-9-15-7-5-6-8-17(15)20/h5-12H,1-4H3,(H,21,23)/b10-9+. The van der Waals surface area contributed by atoms with E-state index in [9.17, 15) is 17.6 Å². The van der Waals surface area contributed by atoms with Crippen molar-refractivity contribution in [2.75, 3.05) is 19.4 Å². The third-order valence-electron chi connectivity index (χ3n) is 4.00. The summed E-state index contributed by atoms with van der Waals surface area (Å²) in [5.74, 6) is -0.905. The van der Waals surface area contributed by atoms with Crippen LogP contribution in [0.4, 0.5) is 10.1 Å². The van der Waals surface area contributed by atoms with Gasteiger partial charge in [0.25, 0.3) is 0 Å². The molecule has 138 valence electrons. The minimum atomic E-state index is -3.62. The maximum Gasteiger partial charge on any atom is 0.248 e. The summed E-state index contributed by atoms with van der Waals surface area (Å²) in [4.78, 5) is 12.3. The molecule has 0 saturated heterocycles. The predicted molar refractivity (Wildman–Crippen MR) is 101 cm³/mol. The van der Waals surface area contributed by atoms with Crippen molar-refractivity contribution in [3.05, 3.63) is 65.0 Å². The summed E-state index contributed by atoms with van der Waals surface area (Å²) in [6.07, 6.45) is 2.58. The molecule has 0 saturated carbocycles. The van der Waals surface area contributed by atoms with E-state index in [1.807, 2.05) is 0 Å². The number of aryl methyl sites for hydroxylation is 1. The zero-order chi connectivity index (χ0) is 19.5. The van der Waals surface area contributed by atoms with Crippen molar-refractivity contribution in [2.24, 2.45) is 0 Å². The molecule has 0 aliphatic carbocycles. The van der Waals surface area contributed by atoms with Crippen molar-refractivity contribution in [3.8, 4) is 0 Å². The lowest BCUT2D eigenvalue weighted by atomic mass is 10.1. The fourth-order valence-corrected chi connectivity index (χ4v) is 3.28. The van der Waals surface area contributed by atoms with Crippen LogP contribution in [-0.4, -0.2) is 32.7 Å². The van der Waals surface area contributed by atoms with Crippen LogP contribution in [0.3, 0.4) is 0 Å². The Hall–Kier alpha value is -2.51. The van der Waals surface area contributed by atoms with Crippen LogP contribution in [0.1, 0.15) is 16.7 Å². The lowest BCUT2D eigenvalue weighted by Crippen LogP contribution is -2.22. The molecule has 26 heavy (non-hydrogen) atoms. The molecule has 0 fully saturated rings. The van der Waals surface area contributed by atoms with E-state index in [-0.39, 0.29) is 4.90 Å². The molecule has 5 nitrogen and oxygen atoms in total. The highest BCUT2D eigenvalue weighted by molar-refractivity contribution is 7.89. The molecule has 0 radical (unpaired) electrons. The highest BCUT2D eigenvalue weighted by Crippen LogP contribution is 2.25. The molecule has 7 heteroatoms. The SMILES string of the molecule is Cc1cc(S(=O)(=O)N(C)C)cc(NC(=O)/C=C/c2ccccc2F)c1C. The van der Waals surface area contributed by atoms with Crippen LogP contribution >= 0.6 is 0 Å². The van der Waals surface area contributed by atoms with Crippen LogP contribution in [-0.2, 0) is 14.8 Å². The fraction of sp³-hybridized carbons (Fsp3) is 0.211. The number of amides is 1. The molecule has 0 bridgehead atoms. The molecule has 0 unspecified atom stereocenters. The summed E-state index contributed by atoms with van der Waals surface area (Å²) in [5, 5.41) is 2.66. The molecule has 2 aromatic rings. The first-order valence-electron chi connectivity index (χ1n) is 7.90. The smallest absolute Gasteiger partial charge is 0.248 e. The molecular formula is C19H21FN2O3S. The number of nitrogens with one attached hydrogen (secondary N) is 1. The predicted octanol–water partition coefficient (Wildman–Crippen LogP) is 3.34. The van der Waals surface area contributed by atoms with Crippen LogP contribution in [0.25, 0.3) is 6.08 Å². The van der Waals surface area contributed by atoms with Crippen LogP contribution < -0.4 is 5.32 Å². The summed E-state index contributed by atoms with van der Waals surface area (Å²) < 4.78 is 39.4. The third-order valence-corrected chi connectivity index (χ3v) is 5.79. The highest BCUT2D eigenvalue weighted by Gasteiger charge is 2.19.